The smallest absolute Gasteiger partial charge is 0.407 e. The van der Waals surface area contributed by atoms with Crippen molar-refractivity contribution in [1.29, 1.82) is 0 Å². The van der Waals surface area contributed by atoms with Gasteiger partial charge in [0.05, 0.1) is 0 Å². The first-order valence-corrected chi connectivity index (χ1v) is 6.95. The average molecular weight is 257 g/mol. The minimum absolute atomic E-state index is 0.0733. The lowest BCUT2D eigenvalue weighted by Gasteiger charge is -2.37. The number of nitrogens with one attached hydrogen (secondary N) is 1. The van der Waals surface area contributed by atoms with Gasteiger partial charge in [0, 0.05) is 13.2 Å². The molecule has 1 fully saturated rings. The van der Waals surface area contributed by atoms with Crippen LogP contribution in [0.4, 0.5) is 4.79 Å². The Balaban J connectivity index is 2.44. The van der Waals surface area contributed by atoms with E-state index in [0.29, 0.717) is 6.54 Å². The van der Waals surface area contributed by atoms with E-state index in [9.17, 15) is 9.90 Å². The fraction of sp³-hybridized carbons (Fsp3) is 0.929. The van der Waals surface area contributed by atoms with Crippen molar-refractivity contribution in [3.05, 3.63) is 0 Å². The fourth-order valence-corrected chi connectivity index (χ4v) is 2.63. The normalized spacial score (nSPS) is 19.3. The van der Waals surface area contributed by atoms with Gasteiger partial charge >= 0.3 is 6.09 Å². The number of hydrogen-bond acceptors (Lipinski definition) is 3. The van der Waals surface area contributed by atoms with Crippen LogP contribution >= 0.6 is 0 Å². The largest absolute Gasteiger partial charge is 0.444 e. The zero-order valence-electron chi connectivity index (χ0n) is 11.9. The van der Waals surface area contributed by atoms with Gasteiger partial charge in [0.2, 0.25) is 0 Å². The molecule has 0 aromatic rings. The Morgan fingerprint density at radius 1 is 1.28 bits per heavy atom. The third-order valence-corrected chi connectivity index (χ3v) is 3.56. The first kappa shape index (κ1) is 15.3. The summed E-state index contributed by atoms with van der Waals surface area (Å²) in [6.45, 7) is 6.38. The first-order chi connectivity index (χ1) is 8.37. The number of aliphatic hydroxyl groups is 1. The van der Waals surface area contributed by atoms with Gasteiger partial charge in [0.1, 0.15) is 5.60 Å². The number of aliphatic hydroxyl groups excluding tert-OH is 1. The molecule has 0 spiro atoms. The topological polar surface area (TPSA) is 58.6 Å². The highest BCUT2D eigenvalue weighted by molar-refractivity contribution is 5.67. The van der Waals surface area contributed by atoms with Crippen LogP contribution in [0.3, 0.4) is 0 Å². The Kier molecular flexibility index (Phi) is 5.45. The van der Waals surface area contributed by atoms with Crippen LogP contribution in [0.25, 0.3) is 0 Å². The van der Waals surface area contributed by atoms with E-state index in [1.54, 1.807) is 0 Å². The summed E-state index contributed by atoms with van der Waals surface area (Å²) in [4.78, 5) is 11.7. The predicted octanol–water partition coefficient (Wildman–Crippen LogP) is 2.84. The van der Waals surface area contributed by atoms with Crippen LogP contribution in [0.5, 0.6) is 0 Å². The number of rotatable bonds is 4. The van der Waals surface area contributed by atoms with Crippen molar-refractivity contribution in [2.24, 2.45) is 5.41 Å². The minimum atomic E-state index is -0.458. The van der Waals surface area contributed by atoms with E-state index in [1.807, 2.05) is 20.8 Å². The highest BCUT2D eigenvalue weighted by Crippen LogP contribution is 2.38. The number of carbonyl (C=O) groups excluding carboxylic acids is 1. The molecule has 1 aliphatic rings. The van der Waals surface area contributed by atoms with Crippen LogP contribution in [-0.2, 0) is 4.74 Å². The molecule has 0 bridgehead atoms. The molecule has 18 heavy (non-hydrogen) atoms. The Bertz CT molecular complexity index is 259. The van der Waals surface area contributed by atoms with E-state index in [4.69, 9.17) is 4.74 Å². The predicted molar refractivity (Wildman–Crippen MR) is 71.5 cm³/mol. The quantitative estimate of drug-likeness (QED) is 0.814. The summed E-state index contributed by atoms with van der Waals surface area (Å²) in [7, 11) is 0. The van der Waals surface area contributed by atoms with Gasteiger partial charge in [0.25, 0.3) is 0 Å². The Labute approximate surface area is 110 Å². The van der Waals surface area contributed by atoms with Crippen molar-refractivity contribution in [3.8, 4) is 0 Å². The van der Waals surface area contributed by atoms with Crippen LogP contribution in [-0.4, -0.2) is 30.0 Å². The van der Waals surface area contributed by atoms with Gasteiger partial charge in [-0.3, -0.25) is 0 Å². The van der Waals surface area contributed by atoms with Crippen molar-refractivity contribution >= 4 is 6.09 Å². The Morgan fingerprint density at radius 2 is 1.89 bits per heavy atom. The molecule has 0 aromatic carbocycles. The van der Waals surface area contributed by atoms with E-state index in [2.05, 4.69) is 5.32 Å². The maximum absolute atomic E-state index is 11.7. The lowest BCUT2D eigenvalue weighted by molar-refractivity contribution is 0.0461. The number of hydrogen-bond donors (Lipinski definition) is 2. The molecule has 1 rings (SSSR count). The van der Waals surface area contributed by atoms with Crippen LogP contribution < -0.4 is 5.32 Å². The Hall–Kier alpha value is -0.770. The summed E-state index contributed by atoms with van der Waals surface area (Å²) in [5.41, 5.74) is -0.384. The molecule has 1 saturated carbocycles. The van der Waals surface area contributed by atoms with E-state index >= 15 is 0 Å². The highest BCUT2D eigenvalue weighted by atomic mass is 16.6. The van der Waals surface area contributed by atoms with Crippen LogP contribution in [0.2, 0.25) is 0 Å². The van der Waals surface area contributed by atoms with Crippen molar-refractivity contribution in [2.75, 3.05) is 13.2 Å². The first-order valence-electron chi connectivity index (χ1n) is 6.95. The van der Waals surface area contributed by atoms with E-state index in [1.165, 1.54) is 19.3 Å². The van der Waals surface area contributed by atoms with Gasteiger partial charge in [-0.15, -0.1) is 0 Å². The number of carbonyl (C=O) groups is 1. The average Bonchev–Trinajstić information content (AvgIpc) is 2.26. The maximum Gasteiger partial charge on any atom is 0.407 e. The summed E-state index contributed by atoms with van der Waals surface area (Å²) >= 11 is 0. The lowest BCUT2D eigenvalue weighted by atomic mass is 9.72. The van der Waals surface area contributed by atoms with Crippen molar-refractivity contribution in [3.63, 3.8) is 0 Å². The van der Waals surface area contributed by atoms with E-state index < -0.39 is 5.60 Å². The molecule has 0 saturated heterocycles. The maximum atomic E-state index is 11.7. The number of amides is 1. The molecule has 1 aliphatic carbocycles. The summed E-state index contributed by atoms with van der Waals surface area (Å²) in [5.74, 6) is 0. The summed E-state index contributed by atoms with van der Waals surface area (Å²) in [6.07, 6.45) is 6.23. The van der Waals surface area contributed by atoms with Gasteiger partial charge in [0.15, 0.2) is 0 Å². The molecule has 4 nitrogen and oxygen atoms in total. The van der Waals surface area contributed by atoms with Gasteiger partial charge in [-0.05, 0) is 45.4 Å². The lowest BCUT2D eigenvalue weighted by Crippen LogP contribution is -2.41. The molecule has 0 radical (unpaired) electrons. The third kappa shape index (κ3) is 5.25. The van der Waals surface area contributed by atoms with Crippen molar-refractivity contribution in [2.45, 2.75) is 64.9 Å². The second-order valence-electron chi connectivity index (χ2n) is 6.39. The van der Waals surface area contributed by atoms with Crippen LogP contribution in [0.1, 0.15) is 59.3 Å². The number of alkyl carbamates (subject to hydrolysis) is 1. The molecule has 0 unspecified atom stereocenters. The standard InChI is InChI=1S/C14H27NO3/c1-13(2,3)18-12(17)15-11-14(9-10-16)7-5-4-6-8-14/h16H,4-11H2,1-3H3,(H,15,17). The highest BCUT2D eigenvalue weighted by Gasteiger charge is 2.32. The monoisotopic (exact) mass is 257 g/mol. The van der Waals surface area contributed by atoms with Crippen LogP contribution in [0.15, 0.2) is 0 Å². The van der Waals surface area contributed by atoms with Gasteiger partial charge in [-0.25, -0.2) is 4.79 Å². The molecule has 0 heterocycles. The molecule has 0 atom stereocenters. The van der Waals surface area contributed by atoms with Gasteiger partial charge in [-0.1, -0.05) is 19.3 Å². The second-order valence-corrected chi connectivity index (χ2v) is 6.39. The van der Waals surface area contributed by atoms with Crippen LogP contribution in [0, 0.1) is 5.41 Å². The molecule has 2 N–H and O–H groups in total. The number of ether oxygens (including phenoxy) is 1. The Morgan fingerprint density at radius 3 is 2.39 bits per heavy atom. The SMILES string of the molecule is CC(C)(C)OC(=O)NCC1(CCO)CCCCC1. The minimum Gasteiger partial charge on any atom is -0.444 e. The molecular formula is C14H27NO3. The van der Waals surface area contributed by atoms with Crippen molar-refractivity contribution in [1.82, 2.24) is 5.32 Å². The summed E-state index contributed by atoms with van der Waals surface area (Å²) in [5, 5.41) is 12.1. The van der Waals surface area contributed by atoms with E-state index in [-0.39, 0.29) is 18.1 Å². The third-order valence-electron chi connectivity index (χ3n) is 3.56. The summed E-state index contributed by atoms with van der Waals surface area (Å²) < 4.78 is 5.24. The zero-order chi connectivity index (χ0) is 13.6. The summed E-state index contributed by atoms with van der Waals surface area (Å²) in [6, 6.07) is 0. The molecule has 0 aromatic heterocycles. The van der Waals surface area contributed by atoms with E-state index in [0.717, 1.165) is 19.3 Å². The zero-order valence-corrected chi connectivity index (χ0v) is 11.9. The van der Waals surface area contributed by atoms with Gasteiger partial charge < -0.3 is 15.2 Å². The molecule has 1 amide bonds. The fourth-order valence-electron chi connectivity index (χ4n) is 2.63. The van der Waals surface area contributed by atoms with Gasteiger partial charge in [-0.2, -0.15) is 0 Å². The van der Waals surface area contributed by atoms with Crippen molar-refractivity contribution < 1.29 is 14.6 Å². The second kappa shape index (κ2) is 6.41. The molecule has 4 heteroatoms. The molecule has 106 valence electrons. The molecule has 0 aliphatic heterocycles. The molecular weight excluding hydrogens is 230 g/mol.